The summed E-state index contributed by atoms with van der Waals surface area (Å²) < 4.78 is 42.3. The van der Waals surface area contributed by atoms with E-state index in [0.717, 1.165) is 16.9 Å². The van der Waals surface area contributed by atoms with Crippen LogP contribution in [0.5, 0.6) is 11.5 Å². The number of benzene rings is 2. The van der Waals surface area contributed by atoms with E-state index in [1.807, 2.05) is 24.3 Å². The molecule has 2 rings (SSSR count). The van der Waals surface area contributed by atoms with Crippen molar-refractivity contribution in [1.29, 1.82) is 0 Å². The number of hydrogen-bond acceptors (Lipinski definition) is 11. The number of nitrogens with zero attached hydrogens (tertiary/aromatic N) is 3. The van der Waals surface area contributed by atoms with Gasteiger partial charge in [-0.1, -0.05) is 16.9 Å². The van der Waals surface area contributed by atoms with Gasteiger partial charge in [-0.3, -0.25) is 4.52 Å². The average Bonchev–Trinajstić information content (AvgIpc) is 2.83. The van der Waals surface area contributed by atoms with Crippen LogP contribution in [0.1, 0.15) is 11.1 Å². The van der Waals surface area contributed by atoms with Crippen LogP contribution in [0.15, 0.2) is 53.6 Å². The van der Waals surface area contributed by atoms with E-state index in [1.165, 1.54) is 4.90 Å². The number of hydrogen-bond donors (Lipinski definition) is 0. The van der Waals surface area contributed by atoms with Gasteiger partial charge < -0.3 is 15.3 Å². The van der Waals surface area contributed by atoms with Crippen LogP contribution in [0.2, 0.25) is 0 Å². The summed E-state index contributed by atoms with van der Waals surface area (Å²) in [6, 6.07) is 14.2. The van der Waals surface area contributed by atoms with E-state index in [2.05, 4.69) is 14.5 Å². The molecule has 11 nitrogen and oxygen atoms in total. The third-order valence-electron chi connectivity index (χ3n) is 4.04. The molecule has 176 valence electrons. The third-order valence-corrected chi connectivity index (χ3v) is 7.51. The predicted octanol–water partition coefficient (Wildman–Crippen LogP) is -3.39. The number of hydrazone groups is 1. The van der Waals surface area contributed by atoms with E-state index in [0.29, 0.717) is 5.75 Å². The molecule has 0 radical (unpaired) electrons. The summed E-state index contributed by atoms with van der Waals surface area (Å²) in [6.07, 6.45) is 1.07. The normalized spacial score (nSPS) is 11.9. The van der Waals surface area contributed by atoms with Gasteiger partial charge in [-0.15, -0.1) is 5.10 Å². The van der Waals surface area contributed by atoms with Gasteiger partial charge in [-0.05, 0) is 56.7 Å². The second-order valence-corrected chi connectivity index (χ2v) is 10.8. The SMILES string of the molecule is COc1ccc(/C=N/N(C)[P+](=S)Oc2ccc(CN(C[P+](=O)O[O-])C[P+](=O)O[O-])cc2)cc1.[Na+].[Na+]. The molecule has 17 heteroatoms. The first-order valence-corrected chi connectivity index (χ1v) is 14.2. The minimum Gasteiger partial charge on any atom is -0.674 e. The van der Waals surface area contributed by atoms with Crippen molar-refractivity contribution < 1.29 is 97.4 Å². The first kappa shape index (κ1) is 35.0. The van der Waals surface area contributed by atoms with Gasteiger partial charge in [0.1, 0.15) is 5.75 Å². The van der Waals surface area contributed by atoms with Gasteiger partial charge in [0.15, 0.2) is 5.75 Å². The molecule has 0 bridgehead atoms. The van der Waals surface area contributed by atoms with Crippen molar-refractivity contribution in [3.05, 3.63) is 59.7 Å². The fourth-order valence-electron chi connectivity index (χ4n) is 2.46. The summed E-state index contributed by atoms with van der Waals surface area (Å²) in [4.78, 5) is 1.37. The van der Waals surface area contributed by atoms with Crippen LogP contribution in [0.4, 0.5) is 0 Å². The van der Waals surface area contributed by atoms with Crippen molar-refractivity contribution in [2.75, 3.05) is 26.7 Å². The second-order valence-electron chi connectivity index (χ2n) is 6.41. The van der Waals surface area contributed by atoms with Gasteiger partial charge in [0.25, 0.3) is 0 Å². The van der Waals surface area contributed by atoms with Crippen LogP contribution in [0, 0.1) is 0 Å². The summed E-state index contributed by atoms with van der Waals surface area (Å²) >= 11 is 5.40. The van der Waals surface area contributed by atoms with Crippen molar-refractivity contribution in [3.63, 3.8) is 0 Å². The number of rotatable bonds is 14. The van der Waals surface area contributed by atoms with Gasteiger partial charge in [0.05, 0.1) is 20.4 Å². The fraction of sp³-hybridized carbons (Fsp3) is 0.278. The minimum atomic E-state index is -2.52. The van der Waals surface area contributed by atoms with Gasteiger partial charge in [-0.2, -0.15) is 9.35 Å². The largest absolute Gasteiger partial charge is 1.00 e. The van der Waals surface area contributed by atoms with Gasteiger partial charge in [-0.25, -0.2) is 4.90 Å². The molecule has 2 aromatic rings. The van der Waals surface area contributed by atoms with E-state index in [4.69, 9.17) is 21.1 Å². The quantitative estimate of drug-likeness (QED) is 0.0730. The Morgan fingerprint density at radius 2 is 1.46 bits per heavy atom. The molecule has 0 aliphatic heterocycles. The Morgan fingerprint density at radius 1 is 0.943 bits per heavy atom. The Balaban J connectivity index is 0.00000578. The maximum absolute atomic E-state index is 11.4. The predicted molar refractivity (Wildman–Crippen MR) is 122 cm³/mol. The van der Waals surface area contributed by atoms with Crippen LogP contribution >= 0.6 is 23.1 Å². The summed E-state index contributed by atoms with van der Waals surface area (Å²) in [5.74, 6) is 1.27. The van der Waals surface area contributed by atoms with Gasteiger partial charge in [0.2, 0.25) is 24.4 Å². The molecule has 35 heavy (non-hydrogen) atoms. The molecule has 0 aromatic heterocycles. The molecule has 0 heterocycles. The molecule has 0 aliphatic rings. The van der Waals surface area contributed by atoms with E-state index in [9.17, 15) is 19.6 Å². The summed E-state index contributed by atoms with van der Waals surface area (Å²) in [6.45, 7) is 0.157. The van der Waals surface area contributed by atoms with Crippen molar-refractivity contribution >= 4 is 41.2 Å². The minimum absolute atomic E-state index is 0. The molecular formula is C18H21N3Na2O8P3S+3. The Morgan fingerprint density at radius 3 is 1.94 bits per heavy atom. The standard InChI is InChI=1S/C18H21N3O8P3S.2Na/c1-20(19-11-15-3-7-17(26-2)8-4-15)32(33)27-18-9-5-16(6-10-18)12-21(13-30(24)28-22)14-31(25)29-23;;/h3-11H,12-14H2,1-2H3;;/q3*+1/b19-11+;;. The fourth-order valence-corrected chi connectivity index (χ4v) is 4.71. The number of ether oxygens (including phenoxy) is 1. The van der Waals surface area contributed by atoms with E-state index < -0.39 is 23.1 Å². The summed E-state index contributed by atoms with van der Waals surface area (Å²) in [7, 11) is -3.21. The summed E-state index contributed by atoms with van der Waals surface area (Å²) in [5, 5.41) is 24.9. The van der Waals surface area contributed by atoms with Crippen LogP contribution in [-0.2, 0) is 36.8 Å². The van der Waals surface area contributed by atoms with Crippen LogP contribution in [0.25, 0.3) is 0 Å². The van der Waals surface area contributed by atoms with Gasteiger partial charge in [0, 0.05) is 6.54 Å². The molecule has 0 fully saturated rings. The van der Waals surface area contributed by atoms with Crippen LogP contribution < -0.4 is 78.9 Å². The van der Waals surface area contributed by atoms with Crippen molar-refractivity contribution in [3.8, 4) is 11.5 Å². The Bertz CT molecular complexity index is 972. The molecule has 3 unspecified atom stereocenters. The average molecular weight is 578 g/mol. The first-order valence-electron chi connectivity index (χ1n) is 9.22. The summed E-state index contributed by atoms with van der Waals surface area (Å²) in [5.41, 5.74) is 1.61. The zero-order valence-electron chi connectivity index (χ0n) is 19.7. The van der Waals surface area contributed by atoms with Crippen molar-refractivity contribution in [2.45, 2.75) is 6.54 Å². The molecule has 0 spiro atoms. The molecule has 3 atom stereocenters. The Hall–Kier alpha value is 0.0300. The molecule has 0 aliphatic carbocycles. The van der Waals surface area contributed by atoms with Crippen LogP contribution in [-0.4, -0.2) is 42.6 Å². The molecule has 0 saturated heterocycles. The Labute approximate surface area is 255 Å². The molecular weight excluding hydrogens is 557 g/mol. The molecule has 0 amide bonds. The molecule has 2 aromatic carbocycles. The molecule has 0 saturated carbocycles. The maximum atomic E-state index is 11.4. The Kier molecular flexibility index (Phi) is 19.2. The topological polar surface area (TPSA) is 136 Å². The second kappa shape index (κ2) is 19.2. The third kappa shape index (κ3) is 13.4. The van der Waals surface area contributed by atoms with E-state index in [1.54, 1.807) is 49.4 Å². The smallest absolute Gasteiger partial charge is 0.674 e. The maximum Gasteiger partial charge on any atom is 1.00 e. The zero-order chi connectivity index (χ0) is 24.2. The zero-order valence-corrected chi connectivity index (χ0v) is 27.2. The van der Waals surface area contributed by atoms with Crippen molar-refractivity contribution in [2.24, 2.45) is 5.10 Å². The van der Waals surface area contributed by atoms with Crippen molar-refractivity contribution in [1.82, 2.24) is 9.68 Å². The molecule has 0 N–H and O–H groups in total. The van der Waals surface area contributed by atoms with Gasteiger partial charge >= 0.3 is 82.2 Å². The number of methoxy groups -OCH3 is 1. The van der Waals surface area contributed by atoms with E-state index >= 15 is 0 Å². The monoisotopic (exact) mass is 578 g/mol. The van der Waals surface area contributed by atoms with E-state index in [-0.39, 0.29) is 78.2 Å². The first-order chi connectivity index (χ1) is 15.8. The van der Waals surface area contributed by atoms with Crippen LogP contribution in [0.3, 0.4) is 0 Å².